The maximum Gasteiger partial charge on any atom is 0.244 e. The van der Waals surface area contributed by atoms with Crippen LogP contribution in [0.25, 0.3) is 17.0 Å². The molecule has 0 saturated heterocycles. The molecular weight excluding hydrogens is 517 g/mol. The average molecular weight is 538 g/mol. The molecule has 13 heteroatoms. The van der Waals surface area contributed by atoms with E-state index < -0.39 is 23.0 Å². The number of rotatable bonds is 4. The molecule has 40 heavy (non-hydrogen) atoms. The molecule has 5 heterocycles. The third-order valence-electron chi connectivity index (χ3n) is 7.27. The molecule has 198 valence electrons. The molecule has 0 saturated carbocycles. The van der Waals surface area contributed by atoms with Crippen molar-refractivity contribution in [3.8, 4) is 5.82 Å². The zero-order chi connectivity index (χ0) is 27.6. The van der Waals surface area contributed by atoms with Crippen LogP contribution in [0.2, 0.25) is 0 Å². The second-order valence-corrected chi connectivity index (χ2v) is 9.61. The predicted molar refractivity (Wildman–Crippen MR) is 141 cm³/mol. The van der Waals surface area contributed by atoms with Crippen LogP contribution in [0, 0.1) is 12.7 Å². The van der Waals surface area contributed by atoms with Crippen LogP contribution >= 0.6 is 0 Å². The summed E-state index contributed by atoms with van der Waals surface area (Å²) in [5.41, 5.74) is 2.08. The summed E-state index contributed by atoms with van der Waals surface area (Å²) in [4.78, 5) is 57.7. The number of imidazole rings is 1. The van der Waals surface area contributed by atoms with Gasteiger partial charge >= 0.3 is 0 Å². The van der Waals surface area contributed by atoms with E-state index in [1.165, 1.54) is 46.5 Å². The van der Waals surface area contributed by atoms with Crippen molar-refractivity contribution in [2.45, 2.75) is 18.8 Å². The lowest BCUT2D eigenvalue weighted by Crippen LogP contribution is -2.48. The van der Waals surface area contributed by atoms with Crippen LogP contribution in [0.15, 0.2) is 61.2 Å². The molecule has 2 aromatic carbocycles. The molecule has 7 rings (SSSR count). The van der Waals surface area contributed by atoms with Gasteiger partial charge < -0.3 is 20.5 Å². The fraction of sp³-hybridized carbons (Fsp3) is 0.148. The van der Waals surface area contributed by atoms with Gasteiger partial charge in [0.05, 0.1) is 12.0 Å². The molecule has 3 amide bonds. The molecule has 2 aliphatic rings. The number of H-pyrrole nitrogens is 1. The number of amides is 3. The lowest BCUT2D eigenvalue weighted by Gasteiger charge is -2.33. The number of aromatic amines is 1. The van der Waals surface area contributed by atoms with E-state index >= 15 is 0 Å². The van der Waals surface area contributed by atoms with Crippen LogP contribution in [0.5, 0.6) is 0 Å². The van der Waals surface area contributed by atoms with Gasteiger partial charge in [-0.3, -0.25) is 14.4 Å². The number of para-hydroxylation sites is 1. The Bertz CT molecular complexity index is 1860. The van der Waals surface area contributed by atoms with E-state index in [2.05, 4.69) is 35.7 Å². The number of nitrogens with zero attached hydrogens (tertiary/aromatic N) is 6. The van der Waals surface area contributed by atoms with Gasteiger partial charge in [0.15, 0.2) is 11.5 Å². The number of aromatic nitrogens is 6. The van der Waals surface area contributed by atoms with Gasteiger partial charge in [0, 0.05) is 23.4 Å². The fourth-order valence-electron chi connectivity index (χ4n) is 5.70. The largest absolute Gasteiger partial charge is 0.340 e. The molecule has 0 aliphatic carbocycles. The van der Waals surface area contributed by atoms with E-state index in [4.69, 9.17) is 0 Å². The smallest absolute Gasteiger partial charge is 0.244 e. The second-order valence-electron chi connectivity index (χ2n) is 9.61. The Hall–Kier alpha value is -5.46. The van der Waals surface area contributed by atoms with Crippen LogP contribution in [0.1, 0.15) is 23.2 Å². The number of carbonyl (C=O) groups excluding carboxylic acids is 3. The van der Waals surface area contributed by atoms with E-state index in [-0.39, 0.29) is 18.9 Å². The Morgan fingerprint density at radius 1 is 1.10 bits per heavy atom. The first kappa shape index (κ1) is 23.6. The van der Waals surface area contributed by atoms with Gasteiger partial charge in [0.1, 0.15) is 35.4 Å². The molecule has 5 aromatic rings. The number of hydrogen-bond acceptors (Lipinski definition) is 7. The number of aryl methyl sites for hydroxylation is 1. The van der Waals surface area contributed by atoms with E-state index in [0.717, 1.165) is 0 Å². The zero-order valence-electron chi connectivity index (χ0n) is 21.0. The predicted octanol–water partition coefficient (Wildman–Crippen LogP) is 2.60. The zero-order valence-corrected chi connectivity index (χ0v) is 21.0. The number of halogens is 1. The fourth-order valence-corrected chi connectivity index (χ4v) is 5.70. The van der Waals surface area contributed by atoms with Gasteiger partial charge in [0.25, 0.3) is 0 Å². The average Bonchev–Trinajstić information content (AvgIpc) is 3.61. The van der Waals surface area contributed by atoms with Crippen molar-refractivity contribution in [1.29, 1.82) is 0 Å². The first-order valence-electron chi connectivity index (χ1n) is 12.4. The van der Waals surface area contributed by atoms with Crippen molar-refractivity contribution in [1.82, 2.24) is 29.7 Å². The number of hydrogen-bond donors (Lipinski definition) is 3. The summed E-state index contributed by atoms with van der Waals surface area (Å²) >= 11 is 0. The molecule has 3 N–H and O–H groups in total. The highest BCUT2D eigenvalue weighted by Gasteiger charge is 2.58. The highest BCUT2D eigenvalue weighted by atomic mass is 19.1. The molecule has 1 atom stereocenters. The van der Waals surface area contributed by atoms with Gasteiger partial charge in [-0.05, 0) is 42.8 Å². The molecule has 0 radical (unpaired) electrons. The highest BCUT2D eigenvalue weighted by molar-refractivity contribution is 6.18. The van der Waals surface area contributed by atoms with Crippen LogP contribution < -0.4 is 15.5 Å². The van der Waals surface area contributed by atoms with Crippen molar-refractivity contribution in [3.63, 3.8) is 0 Å². The minimum absolute atomic E-state index is 0.165. The van der Waals surface area contributed by atoms with Gasteiger partial charge in [-0.1, -0.05) is 18.2 Å². The first-order valence-corrected chi connectivity index (χ1v) is 12.4. The first-order chi connectivity index (χ1) is 19.4. The lowest BCUT2D eigenvalue weighted by atomic mass is 9.70. The van der Waals surface area contributed by atoms with Crippen LogP contribution in [0.4, 0.5) is 21.6 Å². The van der Waals surface area contributed by atoms with Gasteiger partial charge in [-0.15, -0.1) is 0 Å². The number of carbonyl (C=O) groups is 3. The van der Waals surface area contributed by atoms with E-state index in [0.29, 0.717) is 51.0 Å². The molecule has 1 spiro atoms. The summed E-state index contributed by atoms with van der Waals surface area (Å²) in [6, 6.07) is 12.4. The number of nitrogens with one attached hydrogen (secondary N) is 3. The molecule has 0 bridgehead atoms. The standard InChI is InChI=1S/C27H20FN9O3/c1-14-21-24(37(35-14)25-22-23(30-12-29-22)31-13-32-25)34-19(38)10-27(21)17-4-2-3-5-18(17)36(26(27)40)11-20(39)33-16-8-6-15(28)7-9-16/h2-9,12-13H,10-11H2,1H3,(H,33,39)(H,34,38)(H,29,30,31,32)/t27-/m0/s1. The van der Waals surface area contributed by atoms with Crippen molar-refractivity contribution < 1.29 is 18.8 Å². The van der Waals surface area contributed by atoms with Crippen molar-refractivity contribution in [2.24, 2.45) is 0 Å². The number of fused-ring (bicyclic) bond motifs is 5. The number of anilines is 3. The minimum atomic E-state index is -1.41. The third-order valence-corrected chi connectivity index (χ3v) is 7.27. The van der Waals surface area contributed by atoms with Crippen molar-refractivity contribution >= 4 is 46.1 Å². The summed E-state index contributed by atoms with van der Waals surface area (Å²) in [6.07, 6.45) is 2.67. The van der Waals surface area contributed by atoms with E-state index in [9.17, 15) is 18.8 Å². The molecule has 12 nitrogen and oxygen atoms in total. The normalized spacial score (nSPS) is 17.7. The maximum absolute atomic E-state index is 14.4. The summed E-state index contributed by atoms with van der Waals surface area (Å²) in [5.74, 6) is -1.04. The van der Waals surface area contributed by atoms with E-state index in [1.54, 1.807) is 31.2 Å². The summed E-state index contributed by atoms with van der Waals surface area (Å²) in [6.45, 7) is 1.46. The second kappa shape index (κ2) is 8.53. The molecule has 0 fully saturated rings. The highest BCUT2D eigenvalue weighted by Crippen LogP contribution is 2.53. The quantitative estimate of drug-likeness (QED) is 0.319. The van der Waals surface area contributed by atoms with Gasteiger partial charge in [-0.2, -0.15) is 9.78 Å². The third kappa shape index (κ3) is 3.33. The van der Waals surface area contributed by atoms with Crippen LogP contribution in [-0.2, 0) is 19.8 Å². The molecule has 2 aliphatic heterocycles. The molecule has 3 aromatic heterocycles. The Labute approximate surface area is 225 Å². The monoisotopic (exact) mass is 537 g/mol. The van der Waals surface area contributed by atoms with Crippen molar-refractivity contribution in [3.05, 3.63) is 83.8 Å². The minimum Gasteiger partial charge on any atom is -0.340 e. The van der Waals surface area contributed by atoms with Gasteiger partial charge in [-0.25, -0.2) is 19.3 Å². The maximum atomic E-state index is 14.4. The van der Waals surface area contributed by atoms with Gasteiger partial charge in [0.2, 0.25) is 17.7 Å². The summed E-state index contributed by atoms with van der Waals surface area (Å²) < 4.78 is 14.8. The van der Waals surface area contributed by atoms with Crippen molar-refractivity contribution in [2.75, 3.05) is 22.1 Å². The Morgan fingerprint density at radius 3 is 2.73 bits per heavy atom. The Morgan fingerprint density at radius 2 is 1.90 bits per heavy atom. The summed E-state index contributed by atoms with van der Waals surface area (Å²) in [7, 11) is 0. The van der Waals surface area contributed by atoms with E-state index in [1.807, 2.05) is 0 Å². The molecule has 0 unspecified atom stereocenters. The molecular formula is C27H20FN9O3. The number of benzene rings is 2. The Balaban J connectivity index is 1.34. The Kier molecular flexibility index (Phi) is 5.04. The summed E-state index contributed by atoms with van der Waals surface area (Å²) in [5, 5.41) is 10.3. The lowest BCUT2D eigenvalue weighted by molar-refractivity contribution is -0.127. The SMILES string of the molecule is Cc1nn(-c2ncnc3nc[nH]c23)c2c1[C@@]1(CC(=O)N2)C(=O)N(CC(=O)Nc2ccc(F)cc2)c2ccccc21. The van der Waals surface area contributed by atoms with Crippen LogP contribution in [-0.4, -0.2) is 54.0 Å². The van der Waals surface area contributed by atoms with Crippen LogP contribution in [0.3, 0.4) is 0 Å². The topological polar surface area (TPSA) is 151 Å².